The van der Waals surface area contributed by atoms with Gasteiger partial charge in [-0.3, -0.25) is 0 Å². The van der Waals surface area contributed by atoms with Crippen molar-refractivity contribution in [1.29, 1.82) is 0 Å². The van der Waals surface area contributed by atoms with Crippen molar-refractivity contribution in [2.24, 2.45) is 11.8 Å². The lowest BCUT2D eigenvalue weighted by atomic mass is 9.82. The molecule has 0 aromatic heterocycles. The first-order chi connectivity index (χ1) is 5.54. The summed E-state index contributed by atoms with van der Waals surface area (Å²) < 4.78 is 0. The van der Waals surface area contributed by atoms with E-state index in [4.69, 9.17) is 0 Å². The van der Waals surface area contributed by atoms with E-state index in [9.17, 15) is 0 Å². The maximum Gasteiger partial charge on any atom is -0.0181 e. The maximum atomic E-state index is 2.36. The van der Waals surface area contributed by atoms with Crippen LogP contribution in [0.1, 0.15) is 54.4 Å². The molecule has 0 spiro atoms. The average Bonchev–Trinajstić information content (AvgIpc) is 2.05. The summed E-state index contributed by atoms with van der Waals surface area (Å²) in [6.45, 7) is 13.7. The molecular weight excluding hydrogens is 144 g/mol. The molecule has 0 aromatic rings. The fraction of sp³-hybridized carbons (Fsp3) is 0.833. The van der Waals surface area contributed by atoms with E-state index >= 15 is 0 Å². The highest BCUT2D eigenvalue weighted by atomic mass is 14.2. The van der Waals surface area contributed by atoms with Gasteiger partial charge in [0.05, 0.1) is 0 Å². The van der Waals surface area contributed by atoms with E-state index in [0.717, 1.165) is 11.8 Å². The van der Waals surface area contributed by atoms with Crippen LogP contribution in [0.15, 0.2) is 11.1 Å². The zero-order valence-corrected chi connectivity index (χ0v) is 9.57. The van der Waals surface area contributed by atoms with Crippen molar-refractivity contribution in [2.45, 2.75) is 54.4 Å². The Labute approximate surface area is 78.1 Å². The normalized spacial score (nSPS) is 15.5. The molecule has 0 heterocycles. The molecule has 0 bridgehead atoms. The van der Waals surface area contributed by atoms with Crippen LogP contribution in [0.3, 0.4) is 0 Å². The van der Waals surface area contributed by atoms with Crippen LogP contribution in [-0.4, -0.2) is 0 Å². The molecule has 2 atom stereocenters. The maximum absolute atomic E-state index is 2.36. The van der Waals surface area contributed by atoms with Crippen LogP contribution >= 0.6 is 0 Å². The van der Waals surface area contributed by atoms with Crippen molar-refractivity contribution in [3.63, 3.8) is 0 Å². The second kappa shape index (κ2) is 5.40. The molecule has 0 fully saturated rings. The summed E-state index contributed by atoms with van der Waals surface area (Å²) >= 11 is 0. The van der Waals surface area contributed by atoms with Crippen LogP contribution in [0.25, 0.3) is 0 Å². The molecule has 0 aliphatic carbocycles. The first kappa shape index (κ1) is 11.7. The van der Waals surface area contributed by atoms with E-state index in [1.54, 1.807) is 5.57 Å². The molecule has 0 aliphatic heterocycles. The fourth-order valence-corrected chi connectivity index (χ4v) is 1.79. The number of allylic oxidation sites excluding steroid dienone is 2. The van der Waals surface area contributed by atoms with E-state index in [0.29, 0.717) is 0 Å². The molecule has 12 heavy (non-hydrogen) atoms. The summed E-state index contributed by atoms with van der Waals surface area (Å²) in [6.07, 6.45) is 2.58. The van der Waals surface area contributed by atoms with E-state index in [-0.39, 0.29) is 0 Å². The van der Waals surface area contributed by atoms with Crippen LogP contribution in [0.5, 0.6) is 0 Å². The molecule has 0 saturated heterocycles. The molecule has 0 nitrogen and oxygen atoms in total. The van der Waals surface area contributed by atoms with Gasteiger partial charge in [0.15, 0.2) is 0 Å². The third-order valence-electron chi connectivity index (χ3n) is 3.12. The van der Waals surface area contributed by atoms with Crippen LogP contribution in [0, 0.1) is 11.8 Å². The van der Waals surface area contributed by atoms with Crippen molar-refractivity contribution in [1.82, 2.24) is 0 Å². The van der Waals surface area contributed by atoms with Gasteiger partial charge in [0.25, 0.3) is 0 Å². The van der Waals surface area contributed by atoms with Crippen molar-refractivity contribution in [3.8, 4) is 0 Å². The van der Waals surface area contributed by atoms with E-state index in [1.807, 2.05) is 0 Å². The van der Waals surface area contributed by atoms with Gasteiger partial charge in [-0.15, -0.1) is 0 Å². The summed E-state index contributed by atoms with van der Waals surface area (Å²) in [7, 11) is 0. The van der Waals surface area contributed by atoms with Gasteiger partial charge < -0.3 is 0 Å². The van der Waals surface area contributed by atoms with Gasteiger partial charge in [-0.25, -0.2) is 0 Å². The third kappa shape index (κ3) is 3.00. The largest absolute Gasteiger partial charge is 0.0772 e. The second-order valence-electron chi connectivity index (χ2n) is 4.08. The lowest BCUT2D eigenvalue weighted by molar-refractivity contribution is 0.385. The lowest BCUT2D eigenvalue weighted by Gasteiger charge is -2.23. The fourth-order valence-electron chi connectivity index (χ4n) is 1.79. The van der Waals surface area contributed by atoms with Crippen LogP contribution < -0.4 is 0 Å². The predicted molar refractivity (Wildman–Crippen MR) is 57.3 cm³/mol. The summed E-state index contributed by atoms with van der Waals surface area (Å²) in [6, 6.07) is 0. The first-order valence-electron chi connectivity index (χ1n) is 5.18. The van der Waals surface area contributed by atoms with Crippen molar-refractivity contribution < 1.29 is 0 Å². The van der Waals surface area contributed by atoms with E-state index in [1.165, 1.54) is 18.4 Å². The van der Waals surface area contributed by atoms with Crippen LogP contribution in [0.4, 0.5) is 0 Å². The molecule has 0 radical (unpaired) electrons. The van der Waals surface area contributed by atoms with Crippen LogP contribution in [-0.2, 0) is 0 Å². The first-order valence-corrected chi connectivity index (χ1v) is 5.18. The second-order valence-corrected chi connectivity index (χ2v) is 4.08. The van der Waals surface area contributed by atoms with Gasteiger partial charge >= 0.3 is 0 Å². The predicted octanol–water partition coefficient (Wildman–Crippen LogP) is 4.42. The highest BCUT2D eigenvalue weighted by molar-refractivity contribution is 5.11. The van der Waals surface area contributed by atoms with E-state index < -0.39 is 0 Å². The summed E-state index contributed by atoms with van der Waals surface area (Å²) in [4.78, 5) is 0. The summed E-state index contributed by atoms with van der Waals surface area (Å²) in [5.74, 6) is 1.64. The highest BCUT2D eigenvalue weighted by Gasteiger charge is 2.15. The zero-order chi connectivity index (χ0) is 9.72. The molecule has 0 saturated carbocycles. The SMILES string of the molecule is CCC(C)C(CC)C(C)=C(C)C. The number of rotatable bonds is 4. The van der Waals surface area contributed by atoms with Gasteiger partial charge in [0.2, 0.25) is 0 Å². The monoisotopic (exact) mass is 168 g/mol. The van der Waals surface area contributed by atoms with Crippen molar-refractivity contribution in [3.05, 3.63) is 11.1 Å². The Hall–Kier alpha value is -0.260. The minimum atomic E-state index is 0.806. The van der Waals surface area contributed by atoms with Gasteiger partial charge in [0.1, 0.15) is 0 Å². The molecule has 0 N–H and O–H groups in total. The van der Waals surface area contributed by atoms with Gasteiger partial charge in [-0.05, 0) is 39.0 Å². The number of hydrogen-bond donors (Lipinski definition) is 0. The molecule has 0 aromatic carbocycles. The Morgan fingerprint density at radius 2 is 1.50 bits per heavy atom. The average molecular weight is 168 g/mol. The van der Waals surface area contributed by atoms with Gasteiger partial charge in [-0.2, -0.15) is 0 Å². The quantitative estimate of drug-likeness (QED) is 0.545. The highest BCUT2D eigenvalue weighted by Crippen LogP contribution is 2.27. The third-order valence-corrected chi connectivity index (χ3v) is 3.12. The summed E-state index contributed by atoms with van der Waals surface area (Å²) in [5, 5.41) is 0. The standard InChI is InChI=1S/C12H24/c1-7-10(5)12(8-2)11(6)9(3)4/h10,12H,7-8H2,1-6H3. The van der Waals surface area contributed by atoms with Gasteiger partial charge in [-0.1, -0.05) is 38.3 Å². The lowest BCUT2D eigenvalue weighted by Crippen LogP contribution is -2.12. The van der Waals surface area contributed by atoms with Gasteiger partial charge in [0, 0.05) is 0 Å². The summed E-state index contributed by atoms with van der Waals surface area (Å²) in [5.41, 5.74) is 3.11. The molecule has 0 aliphatic rings. The Bertz CT molecular complexity index is 149. The van der Waals surface area contributed by atoms with Crippen molar-refractivity contribution in [2.75, 3.05) is 0 Å². The molecule has 0 amide bonds. The Morgan fingerprint density at radius 1 is 1.00 bits per heavy atom. The topological polar surface area (TPSA) is 0 Å². The number of hydrogen-bond acceptors (Lipinski definition) is 0. The molecular formula is C12H24. The Kier molecular flexibility index (Phi) is 5.28. The minimum Gasteiger partial charge on any atom is -0.0772 e. The smallest absolute Gasteiger partial charge is 0.0181 e. The van der Waals surface area contributed by atoms with Crippen molar-refractivity contribution >= 4 is 0 Å². The van der Waals surface area contributed by atoms with E-state index in [2.05, 4.69) is 41.5 Å². The minimum absolute atomic E-state index is 0.806. The molecule has 2 unspecified atom stereocenters. The Balaban J connectivity index is 4.45. The molecule has 0 rings (SSSR count). The zero-order valence-electron chi connectivity index (χ0n) is 9.57. The molecule has 0 heteroatoms. The Morgan fingerprint density at radius 3 is 1.75 bits per heavy atom. The molecule has 72 valence electrons. The van der Waals surface area contributed by atoms with Crippen LogP contribution in [0.2, 0.25) is 0 Å².